The van der Waals surface area contributed by atoms with Crippen LogP contribution < -0.4 is 14.2 Å². The quantitative estimate of drug-likeness (QED) is 0.694. The van der Waals surface area contributed by atoms with Crippen molar-refractivity contribution in [1.29, 1.82) is 0 Å². The summed E-state index contributed by atoms with van der Waals surface area (Å²) in [6, 6.07) is 11.8. The number of methoxy groups -OCH3 is 3. The molecule has 1 amide bonds. The van der Waals surface area contributed by atoms with Crippen LogP contribution in [0.2, 0.25) is 0 Å². The number of carbonyl (C=O) groups is 1. The fraction of sp³-hybridized carbons (Fsp3) is 0.286. The van der Waals surface area contributed by atoms with Gasteiger partial charge >= 0.3 is 0 Å². The Morgan fingerprint density at radius 3 is 2.37 bits per heavy atom. The predicted molar refractivity (Wildman–Crippen MR) is 105 cm³/mol. The number of aromatic amines is 1. The molecule has 0 unspecified atom stereocenters. The minimum absolute atomic E-state index is 0.0246. The highest BCUT2D eigenvalue weighted by Crippen LogP contribution is 2.44. The standard InChI is InChI=1S/C21H24N2O4/c1-23(13-14-8-6-5-7-9-14)18(24)10-15-12-22-16-11-17(25-2)20(26-3)21(27-4)19(15)16/h5-9,11-12,22H,10,13H2,1-4H3. The maximum atomic E-state index is 12.8. The van der Waals surface area contributed by atoms with Gasteiger partial charge in [-0.1, -0.05) is 30.3 Å². The van der Waals surface area contributed by atoms with E-state index in [1.54, 1.807) is 26.2 Å². The Labute approximate surface area is 158 Å². The second-order valence-electron chi connectivity index (χ2n) is 6.29. The molecule has 6 heteroatoms. The van der Waals surface area contributed by atoms with E-state index >= 15 is 0 Å². The number of aromatic nitrogens is 1. The van der Waals surface area contributed by atoms with Crippen molar-refractivity contribution in [2.24, 2.45) is 0 Å². The van der Waals surface area contributed by atoms with Crippen molar-refractivity contribution >= 4 is 16.8 Å². The molecule has 0 aliphatic carbocycles. The summed E-state index contributed by atoms with van der Waals surface area (Å²) < 4.78 is 16.4. The molecule has 1 heterocycles. The van der Waals surface area contributed by atoms with Gasteiger partial charge in [0, 0.05) is 31.2 Å². The maximum absolute atomic E-state index is 12.8. The average molecular weight is 368 g/mol. The molecule has 2 aromatic carbocycles. The summed E-state index contributed by atoms with van der Waals surface area (Å²) in [6.45, 7) is 0.566. The lowest BCUT2D eigenvalue weighted by Gasteiger charge is -2.18. The molecule has 3 aromatic rings. The molecular formula is C21H24N2O4. The second-order valence-corrected chi connectivity index (χ2v) is 6.29. The third-order valence-corrected chi connectivity index (χ3v) is 4.58. The number of nitrogens with one attached hydrogen (secondary N) is 1. The van der Waals surface area contributed by atoms with Gasteiger partial charge in [0.15, 0.2) is 11.5 Å². The number of nitrogens with zero attached hydrogens (tertiary/aromatic N) is 1. The molecule has 0 saturated heterocycles. The van der Waals surface area contributed by atoms with Crippen molar-refractivity contribution in [3.05, 3.63) is 53.7 Å². The van der Waals surface area contributed by atoms with Gasteiger partial charge in [-0.05, 0) is 11.1 Å². The van der Waals surface area contributed by atoms with E-state index in [-0.39, 0.29) is 12.3 Å². The smallest absolute Gasteiger partial charge is 0.227 e. The van der Waals surface area contributed by atoms with Crippen LogP contribution in [-0.4, -0.2) is 44.2 Å². The van der Waals surface area contributed by atoms with E-state index in [9.17, 15) is 4.79 Å². The summed E-state index contributed by atoms with van der Waals surface area (Å²) in [5, 5.41) is 0.830. The van der Waals surface area contributed by atoms with E-state index in [0.29, 0.717) is 23.8 Å². The number of benzene rings is 2. The molecule has 0 fully saturated rings. The molecule has 0 radical (unpaired) electrons. The number of hydrogen-bond donors (Lipinski definition) is 1. The van der Waals surface area contributed by atoms with Crippen LogP contribution in [0, 0.1) is 0 Å². The zero-order valence-electron chi connectivity index (χ0n) is 16.0. The van der Waals surface area contributed by atoms with E-state index in [0.717, 1.165) is 22.0 Å². The highest BCUT2D eigenvalue weighted by Gasteiger charge is 2.21. The van der Waals surface area contributed by atoms with Crippen LogP contribution in [0.15, 0.2) is 42.6 Å². The molecule has 3 rings (SSSR count). The second kappa shape index (κ2) is 8.03. The summed E-state index contributed by atoms with van der Waals surface area (Å²) in [7, 11) is 6.54. The Kier molecular flexibility index (Phi) is 5.54. The van der Waals surface area contributed by atoms with E-state index in [2.05, 4.69) is 4.98 Å². The zero-order valence-corrected chi connectivity index (χ0v) is 16.0. The fourth-order valence-corrected chi connectivity index (χ4v) is 3.21. The summed E-state index contributed by atoms with van der Waals surface area (Å²) in [4.78, 5) is 17.7. The van der Waals surface area contributed by atoms with E-state index in [1.807, 2.05) is 49.6 Å². The summed E-state index contributed by atoms with van der Waals surface area (Å²) in [6.07, 6.45) is 2.09. The number of fused-ring (bicyclic) bond motifs is 1. The number of ether oxygens (including phenoxy) is 3. The van der Waals surface area contributed by atoms with Crippen LogP contribution in [0.3, 0.4) is 0 Å². The van der Waals surface area contributed by atoms with Gasteiger partial charge in [-0.3, -0.25) is 4.79 Å². The van der Waals surface area contributed by atoms with Crippen LogP contribution in [0.25, 0.3) is 10.9 Å². The molecule has 0 atom stereocenters. The van der Waals surface area contributed by atoms with Crippen LogP contribution >= 0.6 is 0 Å². The highest BCUT2D eigenvalue weighted by molar-refractivity contribution is 5.96. The molecule has 142 valence electrons. The maximum Gasteiger partial charge on any atom is 0.227 e. The molecule has 0 aliphatic heterocycles. The predicted octanol–water partition coefficient (Wildman–Crippen LogP) is 3.39. The van der Waals surface area contributed by atoms with Crippen molar-refractivity contribution in [3.8, 4) is 17.2 Å². The largest absolute Gasteiger partial charge is 0.493 e. The highest BCUT2D eigenvalue weighted by atomic mass is 16.5. The summed E-state index contributed by atoms with van der Waals surface area (Å²) >= 11 is 0. The third-order valence-electron chi connectivity index (χ3n) is 4.58. The lowest BCUT2D eigenvalue weighted by Crippen LogP contribution is -2.27. The van der Waals surface area contributed by atoms with Crippen molar-refractivity contribution < 1.29 is 19.0 Å². The SMILES string of the molecule is COc1cc2[nH]cc(CC(=O)N(C)Cc3ccccc3)c2c(OC)c1OC. The van der Waals surface area contributed by atoms with Gasteiger partial charge in [-0.15, -0.1) is 0 Å². The first kappa shape index (κ1) is 18.6. The molecule has 0 aliphatic rings. The Balaban J connectivity index is 1.89. The first-order valence-corrected chi connectivity index (χ1v) is 8.65. The number of hydrogen-bond acceptors (Lipinski definition) is 4. The molecular weight excluding hydrogens is 344 g/mol. The Morgan fingerprint density at radius 1 is 1.04 bits per heavy atom. The van der Waals surface area contributed by atoms with Gasteiger partial charge < -0.3 is 24.1 Å². The fourth-order valence-electron chi connectivity index (χ4n) is 3.21. The Bertz CT molecular complexity index is 934. The molecule has 0 bridgehead atoms. The molecule has 0 spiro atoms. The van der Waals surface area contributed by atoms with Crippen LogP contribution in [0.5, 0.6) is 17.2 Å². The molecule has 0 saturated carbocycles. The van der Waals surface area contributed by atoms with Crippen LogP contribution in [-0.2, 0) is 17.8 Å². The number of carbonyl (C=O) groups excluding carboxylic acids is 1. The zero-order chi connectivity index (χ0) is 19.4. The van der Waals surface area contributed by atoms with Crippen molar-refractivity contribution in [2.45, 2.75) is 13.0 Å². The number of rotatable bonds is 7. The number of likely N-dealkylation sites (N-methyl/N-ethyl adjacent to an activating group) is 1. The number of H-pyrrole nitrogens is 1. The Morgan fingerprint density at radius 2 is 1.74 bits per heavy atom. The van der Waals surface area contributed by atoms with Gasteiger partial charge in [0.05, 0.1) is 33.3 Å². The monoisotopic (exact) mass is 368 g/mol. The lowest BCUT2D eigenvalue weighted by atomic mass is 10.1. The topological polar surface area (TPSA) is 63.8 Å². The minimum atomic E-state index is 0.0246. The van der Waals surface area contributed by atoms with E-state index in [1.165, 1.54) is 0 Å². The van der Waals surface area contributed by atoms with Gasteiger partial charge in [-0.2, -0.15) is 0 Å². The first-order chi connectivity index (χ1) is 13.1. The summed E-state index contributed by atoms with van der Waals surface area (Å²) in [5.41, 5.74) is 2.78. The molecule has 1 N–H and O–H groups in total. The summed E-state index contributed by atoms with van der Waals surface area (Å²) in [5.74, 6) is 1.67. The average Bonchev–Trinajstić information content (AvgIpc) is 3.09. The molecule has 6 nitrogen and oxygen atoms in total. The van der Waals surface area contributed by atoms with Crippen molar-refractivity contribution in [2.75, 3.05) is 28.4 Å². The number of amides is 1. The van der Waals surface area contributed by atoms with E-state index < -0.39 is 0 Å². The van der Waals surface area contributed by atoms with Crippen molar-refractivity contribution in [3.63, 3.8) is 0 Å². The van der Waals surface area contributed by atoms with Gasteiger partial charge in [0.2, 0.25) is 11.7 Å². The van der Waals surface area contributed by atoms with Gasteiger partial charge in [-0.25, -0.2) is 0 Å². The molecule has 27 heavy (non-hydrogen) atoms. The van der Waals surface area contributed by atoms with Gasteiger partial charge in [0.1, 0.15) is 0 Å². The minimum Gasteiger partial charge on any atom is -0.493 e. The first-order valence-electron chi connectivity index (χ1n) is 8.65. The normalized spacial score (nSPS) is 10.7. The van der Waals surface area contributed by atoms with Crippen molar-refractivity contribution in [1.82, 2.24) is 9.88 Å². The third kappa shape index (κ3) is 3.69. The molecule has 1 aromatic heterocycles. The van der Waals surface area contributed by atoms with Gasteiger partial charge in [0.25, 0.3) is 0 Å². The van der Waals surface area contributed by atoms with Crippen LogP contribution in [0.4, 0.5) is 0 Å². The lowest BCUT2D eigenvalue weighted by molar-refractivity contribution is -0.129. The van der Waals surface area contributed by atoms with Crippen LogP contribution in [0.1, 0.15) is 11.1 Å². The van der Waals surface area contributed by atoms with E-state index in [4.69, 9.17) is 14.2 Å². The Hall–Kier alpha value is -3.15.